The highest BCUT2D eigenvalue weighted by Crippen LogP contribution is 2.16. The van der Waals surface area contributed by atoms with Gasteiger partial charge in [0.15, 0.2) is 0 Å². The van der Waals surface area contributed by atoms with Gasteiger partial charge in [0.1, 0.15) is 6.29 Å². The highest BCUT2D eigenvalue weighted by atomic mass is 16.9. The number of aryl methyl sites for hydroxylation is 1. The zero-order valence-electron chi connectivity index (χ0n) is 29.6. The molecule has 0 saturated heterocycles. The van der Waals surface area contributed by atoms with Gasteiger partial charge in [-0.3, -0.25) is 4.79 Å². The van der Waals surface area contributed by atoms with E-state index in [0.29, 0.717) is 45.2 Å². The van der Waals surface area contributed by atoms with Crippen LogP contribution in [-0.2, 0) is 30.3 Å². The highest BCUT2D eigenvalue weighted by molar-refractivity contribution is 5.75. The Balaban J connectivity index is -0.000000597. The summed E-state index contributed by atoms with van der Waals surface area (Å²) >= 11 is 0. The number of nitrogens with zero attached hydrogens (tertiary/aromatic N) is 1. The van der Waals surface area contributed by atoms with Crippen LogP contribution in [0.25, 0.3) is 0 Å². The maximum atomic E-state index is 10.9. The number of benzene rings is 1. The van der Waals surface area contributed by atoms with Crippen molar-refractivity contribution in [2.75, 3.05) is 46.2 Å². The predicted octanol–water partition coefficient (Wildman–Crippen LogP) is 6.44. The monoisotopic (exact) mass is 668 g/mol. The molecule has 0 aliphatic carbocycles. The summed E-state index contributed by atoms with van der Waals surface area (Å²) in [7, 11) is 0. The van der Waals surface area contributed by atoms with Crippen LogP contribution in [0.5, 0.6) is 0 Å². The van der Waals surface area contributed by atoms with Gasteiger partial charge in [0, 0.05) is 19.4 Å². The van der Waals surface area contributed by atoms with Crippen molar-refractivity contribution in [2.24, 2.45) is 5.92 Å². The van der Waals surface area contributed by atoms with E-state index in [1.54, 1.807) is 6.92 Å². The van der Waals surface area contributed by atoms with Crippen LogP contribution in [0.2, 0.25) is 0 Å². The first kappa shape index (κ1) is 48.3. The van der Waals surface area contributed by atoms with Gasteiger partial charge in [-0.25, -0.2) is 0 Å². The lowest BCUT2D eigenvalue weighted by molar-refractivity contribution is -0.756. The largest absolute Gasteiger partial charge is 0.394 e. The first-order valence-corrected chi connectivity index (χ1v) is 17.0. The van der Waals surface area contributed by atoms with E-state index in [0.717, 1.165) is 38.5 Å². The van der Waals surface area contributed by atoms with Crippen LogP contribution < -0.4 is 5.32 Å². The molecule has 0 aliphatic heterocycles. The Morgan fingerprint density at radius 3 is 2.09 bits per heavy atom. The fraction of sp³-hybridized carbons (Fsp3) is 0.667. The number of carbonyl (C=O) groups excluding carboxylic acids is 2. The van der Waals surface area contributed by atoms with Gasteiger partial charge in [0.2, 0.25) is 5.91 Å². The molecule has 0 fully saturated rings. The van der Waals surface area contributed by atoms with Crippen molar-refractivity contribution in [3.05, 3.63) is 70.3 Å². The fourth-order valence-electron chi connectivity index (χ4n) is 3.88. The third-order valence-electron chi connectivity index (χ3n) is 6.10. The van der Waals surface area contributed by atoms with Crippen LogP contribution in [0.4, 0.5) is 0 Å². The number of allylic oxidation sites excluding steroid dienone is 3. The zero-order valence-corrected chi connectivity index (χ0v) is 29.6. The summed E-state index contributed by atoms with van der Waals surface area (Å²) in [6.07, 6.45) is 18.5. The Bertz CT molecular complexity index is 861. The lowest BCUT2D eigenvalue weighted by atomic mass is 9.96. The van der Waals surface area contributed by atoms with E-state index in [1.807, 2.05) is 32.1 Å². The molecule has 0 spiro atoms. The van der Waals surface area contributed by atoms with E-state index < -0.39 is 5.09 Å². The van der Waals surface area contributed by atoms with Gasteiger partial charge in [0.25, 0.3) is 5.09 Å². The van der Waals surface area contributed by atoms with E-state index in [-0.39, 0.29) is 25.2 Å². The van der Waals surface area contributed by atoms with Gasteiger partial charge in [-0.2, -0.15) is 0 Å². The number of ether oxygens (including phenoxy) is 2. The lowest BCUT2D eigenvalue weighted by Gasteiger charge is -2.11. The summed E-state index contributed by atoms with van der Waals surface area (Å²) in [6, 6.07) is 10.4. The molecule has 1 aromatic carbocycles. The first-order chi connectivity index (χ1) is 22.7. The minimum absolute atomic E-state index is 0.0360. The van der Waals surface area contributed by atoms with E-state index in [9.17, 15) is 24.8 Å². The molecule has 1 amide bonds. The molecular weight excluding hydrogens is 604 g/mol. The van der Waals surface area contributed by atoms with Crippen LogP contribution in [-0.4, -0.2) is 79.8 Å². The van der Waals surface area contributed by atoms with E-state index >= 15 is 0 Å². The second-order valence-electron chi connectivity index (χ2n) is 10.3. The number of hydrogen-bond acceptors (Lipinski definition) is 9. The zero-order chi connectivity index (χ0) is 35.8. The number of aldehydes is 1. The van der Waals surface area contributed by atoms with Gasteiger partial charge in [0.05, 0.1) is 45.7 Å². The number of amides is 1. The third-order valence-corrected chi connectivity index (χ3v) is 6.10. The van der Waals surface area contributed by atoms with Crippen molar-refractivity contribution in [2.45, 2.75) is 105 Å². The standard InChI is InChI=1S/C18H28O.C9H17NO.C7H14O4.C2H5NO3/c1-3-8-16(9-4-2)12-14-18(19)15-13-17-10-6-5-7-11-17;1-3-5-6-7-8-9(11)10-4-2;8-2-1-4-10-6-7-11-5-3-9;1-2-6-3(4)5/h5-7,10-12,14,16,18-19H,3-4,8-9,13,15H2,1-2H3;3,5H,4,6-8H2,1-2H3,(H,10,11);2,9H,1,3-7H2;2H2,1H3/b14-12+;5-3-;;/t18-;;;/m1.../s1. The molecule has 1 atom stereocenters. The molecule has 1 rings (SSSR count). The molecule has 0 bridgehead atoms. The SMILES string of the molecule is C/C=C\CCCC(=O)NCC.CCCC(/C=C/[C@@H](O)CCc1ccccc1)CCC.CCO[N+](=O)[O-].O=CCCOCCOCCO. The van der Waals surface area contributed by atoms with Crippen molar-refractivity contribution < 1.29 is 39.2 Å². The molecule has 11 nitrogen and oxygen atoms in total. The molecular formula is C36H64N2O9. The number of unbranched alkanes of at least 4 members (excludes halogenated alkanes) is 1. The smallest absolute Gasteiger partial charge is 0.294 e. The van der Waals surface area contributed by atoms with E-state index in [1.165, 1.54) is 31.2 Å². The number of carbonyl (C=O) groups is 2. The van der Waals surface area contributed by atoms with Gasteiger partial charge >= 0.3 is 0 Å². The van der Waals surface area contributed by atoms with Crippen LogP contribution in [0.3, 0.4) is 0 Å². The van der Waals surface area contributed by atoms with Gasteiger partial charge in [-0.05, 0) is 70.8 Å². The maximum Gasteiger partial charge on any atom is 0.294 e. The van der Waals surface area contributed by atoms with Gasteiger partial charge in [-0.1, -0.05) is 81.3 Å². The molecule has 0 aliphatic rings. The summed E-state index contributed by atoms with van der Waals surface area (Å²) in [4.78, 5) is 33.6. The normalized spacial score (nSPS) is 11.1. The average molecular weight is 669 g/mol. The Morgan fingerprint density at radius 2 is 1.60 bits per heavy atom. The summed E-state index contributed by atoms with van der Waals surface area (Å²) in [5.41, 5.74) is 1.30. The number of aliphatic hydroxyl groups excluding tert-OH is 2. The quantitative estimate of drug-likeness (QED) is 0.0371. The molecule has 0 aromatic heterocycles. The minimum atomic E-state index is -0.819. The van der Waals surface area contributed by atoms with Crippen LogP contribution in [0, 0.1) is 16.0 Å². The van der Waals surface area contributed by atoms with Crippen molar-refractivity contribution in [1.82, 2.24) is 5.32 Å². The molecule has 11 heteroatoms. The van der Waals surface area contributed by atoms with Crippen molar-refractivity contribution in [1.29, 1.82) is 0 Å². The van der Waals surface area contributed by atoms with Gasteiger partial charge in [-0.15, -0.1) is 10.1 Å². The summed E-state index contributed by atoms with van der Waals surface area (Å²) in [6.45, 7) is 12.6. The number of nitrogens with one attached hydrogen (secondary N) is 1. The summed E-state index contributed by atoms with van der Waals surface area (Å²) < 4.78 is 9.88. The second kappa shape index (κ2) is 40.9. The Kier molecular flexibility index (Phi) is 42.0. The fourth-order valence-corrected chi connectivity index (χ4v) is 3.88. The Labute approximate surface area is 283 Å². The topological polar surface area (TPSA) is 157 Å². The first-order valence-electron chi connectivity index (χ1n) is 17.0. The Morgan fingerprint density at radius 1 is 0.957 bits per heavy atom. The maximum absolute atomic E-state index is 10.9. The molecule has 272 valence electrons. The molecule has 0 unspecified atom stereocenters. The number of aliphatic hydroxyl groups is 2. The molecule has 0 saturated carbocycles. The molecule has 3 N–H and O–H groups in total. The van der Waals surface area contributed by atoms with Crippen molar-refractivity contribution in [3.8, 4) is 0 Å². The molecule has 0 heterocycles. The van der Waals surface area contributed by atoms with E-state index in [2.05, 4.69) is 60.4 Å². The molecule has 47 heavy (non-hydrogen) atoms. The highest BCUT2D eigenvalue weighted by Gasteiger charge is 2.05. The van der Waals surface area contributed by atoms with Gasteiger partial charge < -0.3 is 34.6 Å². The second-order valence-corrected chi connectivity index (χ2v) is 10.3. The average Bonchev–Trinajstić information content (AvgIpc) is 3.06. The summed E-state index contributed by atoms with van der Waals surface area (Å²) in [5, 5.41) is 29.4. The summed E-state index contributed by atoms with van der Waals surface area (Å²) in [5.74, 6) is 0.804. The van der Waals surface area contributed by atoms with Crippen LogP contribution in [0.1, 0.15) is 98.0 Å². The third kappa shape index (κ3) is 42.9. The van der Waals surface area contributed by atoms with Crippen LogP contribution in [0.15, 0.2) is 54.6 Å². The lowest BCUT2D eigenvalue weighted by Crippen LogP contribution is -2.21. The number of hydrogen-bond donors (Lipinski definition) is 3. The van der Waals surface area contributed by atoms with Crippen LogP contribution >= 0.6 is 0 Å². The minimum Gasteiger partial charge on any atom is -0.394 e. The predicted molar refractivity (Wildman–Crippen MR) is 189 cm³/mol. The molecule has 1 aromatic rings. The Hall–Kier alpha value is -3.12. The van der Waals surface area contributed by atoms with E-state index in [4.69, 9.17) is 14.6 Å². The van der Waals surface area contributed by atoms with Crippen molar-refractivity contribution in [3.63, 3.8) is 0 Å². The van der Waals surface area contributed by atoms with Crippen molar-refractivity contribution >= 4 is 12.2 Å². The number of rotatable bonds is 24. The molecule has 0 radical (unpaired) electrons.